The molecule has 13 heavy (non-hydrogen) atoms. The Hall–Kier alpha value is -1.50. The molecule has 0 aromatic heterocycles. The first-order chi connectivity index (χ1) is 6.45. The molecule has 1 heteroatoms. The van der Waals surface area contributed by atoms with Gasteiger partial charge in [0.1, 0.15) is 0 Å². The molecule has 2 aromatic rings. The van der Waals surface area contributed by atoms with Gasteiger partial charge in [-0.1, -0.05) is 47.5 Å². The molecule has 0 fully saturated rings. The van der Waals surface area contributed by atoms with Crippen molar-refractivity contribution in [1.82, 2.24) is 0 Å². The molecule has 0 spiro atoms. The highest BCUT2D eigenvalue weighted by Gasteiger charge is 2.03. The van der Waals surface area contributed by atoms with Crippen LogP contribution in [0.5, 0.6) is 0 Å². The Balaban J connectivity index is 2.32. The second-order valence-electron chi connectivity index (χ2n) is 3.32. The van der Waals surface area contributed by atoms with Crippen LogP contribution in [-0.4, -0.2) is 7.28 Å². The standard InChI is InChI=1S/C12H8B/c1-3-7-11-9(5-1)10-6-2-4-8-12(10)13-11/h1-8H/q-1. The molecule has 2 radical (unpaired) electrons. The monoisotopic (exact) mass is 163 g/mol. The van der Waals surface area contributed by atoms with Crippen molar-refractivity contribution in [2.75, 3.05) is 0 Å². The van der Waals surface area contributed by atoms with Crippen molar-refractivity contribution in [1.29, 1.82) is 0 Å². The number of fused-ring (bicyclic) bond motifs is 3. The summed E-state index contributed by atoms with van der Waals surface area (Å²) in [5, 5.41) is 0. The first-order valence-corrected chi connectivity index (χ1v) is 4.48. The molecule has 2 aromatic carbocycles. The van der Waals surface area contributed by atoms with Gasteiger partial charge in [0, 0.05) is 0 Å². The molecule has 0 bridgehead atoms. The average Bonchev–Trinajstić information content (AvgIpc) is 2.56. The van der Waals surface area contributed by atoms with E-state index in [2.05, 4.69) is 55.8 Å². The summed E-state index contributed by atoms with van der Waals surface area (Å²) in [5.41, 5.74) is 5.39. The molecule has 0 N–H and O–H groups in total. The van der Waals surface area contributed by atoms with E-state index < -0.39 is 0 Å². The van der Waals surface area contributed by atoms with Crippen LogP contribution in [0.25, 0.3) is 11.1 Å². The first-order valence-electron chi connectivity index (χ1n) is 4.48. The summed E-state index contributed by atoms with van der Waals surface area (Å²) in [4.78, 5) is 0. The summed E-state index contributed by atoms with van der Waals surface area (Å²) in [6.45, 7) is 0. The minimum atomic E-state index is 1.34. The van der Waals surface area contributed by atoms with Gasteiger partial charge >= 0.3 is 0 Å². The van der Waals surface area contributed by atoms with Crippen LogP contribution in [0.15, 0.2) is 48.5 Å². The van der Waals surface area contributed by atoms with Gasteiger partial charge in [0.05, 0.1) is 0 Å². The first kappa shape index (κ1) is 6.96. The second kappa shape index (κ2) is 2.49. The molecule has 1 aliphatic rings. The lowest BCUT2D eigenvalue weighted by molar-refractivity contribution is 1.71. The van der Waals surface area contributed by atoms with Crippen molar-refractivity contribution >= 4 is 18.2 Å². The lowest BCUT2D eigenvalue weighted by atomic mass is 9.68. The van der Waals surface area contributed by atoms with E-state index in [1.54, 1.807) is 0 Å². The third-order valence-electron chi connectivity index (χ3n) is 2.52. The number of rotatable bonds is 0. The molecular formula is C12H8B-. The zero-order valence-electron chi connectivity index (χ0n) is 7.20. The van der Waals surface area contributed by atoms with E-state index in [4.69, 9.17) is 0 Å². The Morgan fingerprint density at radius 1 is 0.615 bits per heavy atom. The van der Waals surface area contributed by atoms with Gasteiger partial charge in [-0.15, -0.1) is 12.1 Å². The van der Waals surface area contributed by atoms with Crippen molar-refractivity contribution in [2.24, 2.45) is 0 Å². The Morgan fingerprint density at radius 2 is 1.08 bits per heavy atom. The Bertz CT molecular complexity index is 417. The van der Waals surface area contributed by atoms with Gasteiger partial charge in [0.15, 0.2) is 0 Å². The van der Waals surface area contributed by atoms with E-state index in [-0.39, 0.29) is 0 Å². The average molecular weight is 163 g/mol. The van der Waals surface area contributed by atoms with Crippen LogP contribution in [0.3, 0.4) is 0 Å². The zero-order chi connectivity index (χ0) is 8.67. The SMILES string of the molecule is [B-]1c2ccccc2-c2ccccc21. The highest BCUT2D eigenvalue weighted by Crippen LogP contribution is 2.18. The largest absolute Gasteiger partial charge is 0.268 e. The van der Waals surface area contributed by atoms with Crippen LogP contribution in [0.4, 0.5) is 0 Å². The molecule has 0 saturated carbocycles. The second-order valence-corrected chi connectivity index (χ2v) is 3.32. The van der Waals surface area contributed by atoms with E-state index in [0.717, 1.165) is 0 Å². The van der Waals surface area contributed by atoms with Crippen molar-refractivity contribution in [3.8, 4) is 11.1 Å². The predicted octanol–water partition coefficient (Wildman–Crippen LogP) is 1.32. The Labute approximate surface area is 78.5 Å². The molecular weight excluding hydrogens is 155 g/mol. The fraction of sp³-hybridized carbons (Fsp3) is 0. The molecule has 3 rings (SSSR count). The lowest BCUT2D eigenvalue weighted by Gasteiger charge is -2.08. The summed E-state index contributed by atoms with van der Waals surface area (Å²) in [6, 6.07) is 17.0. The smallest absolute Gasteiger partial charge is 0.0579 e. The Kier molecular flexibility index (Phi) is 1.34. The van der Waals surface area contributed by atoms with Gasteiger partial charge in [-0.25, -0.2) is 0 Å². The fourth-order valence-corrected chi connectivity index (χ4v) is 1.90. The van der Waals surface area contributed by atoms with Crippen molar-refractivity contribution < 1.29 is 0 Å². The van der Waals surface area contributed by atoms with Crippen LogP contribution < -0.4 is 10.9 Å². The van der Waals surface area contributed by atoms with Gasteiger partial charge in [-0.05, 0) is 0 Å². The highest BCUT2D eigenvalue weighted by molar-refractivity contribution is 6.73. The van der Waals surface area contributed by atoms with Crippen LogP contribution >= 0.6 is 0 Å². The highest BCUT2D eigenvalue weighted by atomic mass is 14.1. The number of hydrogen-bond acceptors (Lipinski definition) is 0. The van der Waals surface area contributed by atoms with E-state index in [1.165, 1.54) is 22.1 Å². The number of benzene rings is 2. The number of hydrogen-bond donors (Lipinski definition) is 0. The molecule has 0 atom stereocenters. The molecule has 0 amide bonds. The van der Waals surface area contributed by atoms with Crippen LogP contribution in [-0.2, 0) is 0 Å². The zero-order valence-corrected chi connectivity index (χ0v) is 7.20. The Morgan fingerprint density at radius 3 is 1.62 bits per heavy atom. The predicted molar refractivity (Wildman–Crippen MR) is 56.9 cm³/mol. The molecule has 0 aliphatic carbocycles. The van der Waals surface area contributed by atoms with Crippen molar-refractivity contribution in [2.45, 2.75) is 0 Å². The maximum Gasteiger partial charge on any atom is -0.0579 e. The van der Waals surface area contributed by atoms with Gasteiger partial charge in [-0.2, -0.15) is 0 Å². The summed E-state index contributed by atoms with van der Waals surface area (Å²) >= 11 is 0. The molecule has 0 nitrogen and oxygen atoms in total. The topological polar surface area (TPSA) is 0 Å². The van der Waals surface area contributed by atoms with E-state index in [1.807, 2.05) is 0 Å². The lowest BCUT2D eigenvalue weighted by Crippen LogP contribution is -2.20. The van der Waals surface area contributed by atoms with Gasteiger partial charge in [-0.3, -0.25) is 18.2 Å². The van der Waals surface area contributed by atoms with Gasteiger partial charge in [0.2, 0.25) is 0 Å². The maximum atomic E-state index is 2.24. The van der Waals surface area contributed by atoms with E-state index >= 15 is 0 Å². The molecule has 1 aliphatic heterocycles. The normalized spacial score (nSPS) is 12.3. The van der Waals surface area contributed by atoms with Crippen LogP contribution in [0.2, 0.25) is 0 Å². The van der Waals surface area contributed by atoms with E-state index in [9.17, 15) is 0 Å². The summed E-state index contributed by atoms with van der Waals surface area (Å²) < 4.78 is 0. The summed E-state index contributed by atoms with van der Waals surface area (Å²) in [5.74, 6) is 0. The van der Waals surface area contributed by atoms with Crippen LogP contribution in [0, 0.1) is 0 Å². The van der Waals surface area contributed by atoms with Gasteiger partial charge in [0.25, 0.3) is 0 Å². The van der Waals surface area contributed by atoms with E-state index in [0.29, 0.717) is 0 Å². The molecule has 60 valence electrons. The van der Waals surface area contributed by atoms with Crippen molar-refractivity contribution in [3.05, 3.63) is 48.5 Å². The molecule has 0 unspecified atom stereocenters. The quantitative estimate of drug-likeness (QED) is 0.438. The van der Waals surface area contributed by atoms with Crippen LogP contribution in [0.1, 0.15) is 0 Å². The third-order valence-corrected chi connectivity index (χ3v) is 2.52. The summed E-state index contributed by atoms with van der Waals surface area (Å²) in [6.07, 6.45) is 0. The minimum Gasteiger partial charge on any atom is -0.268 e. The maximum absolute atomic E-state index is 2.24. The fourth-order valence-electron chi connectivity index (χ4n) is 1.90. The third kappa shape index (κ3) is 0.935. The summed E-state index contributed by atoms with van der Waals surface area (Å²) in [7, 11) is 2.24. The molecule has 1 heterocycles. The minimum absolute atomic E-state index is 1.34. The van der Waals surface area contributed by atoms with Gasteiger partial charge < -0.3 is 0 Å². The molecule has 0 saturated heterocycles. The van der Waals surface area contributed by atoms with Crippen molar-refractivity contribution in [3.63, 3.8) is 0 Å².